The van der Waals surface area contributed by atoms with Gasteiger partial charge in [0.15, 0.2) is 0 Å². The van der Waals surface area contributed by atoms with Crippen LogP contribution < -0.4 is 15.4 Å². The summed E-state index contributed by atoms with van der Waals surface area (Å²) < 4.78 is 27.1. The molecule has 0 radical (unpaired) electrons. The molecule has 62 heavy (non-hydrogen) atoms. The number of hydrogen-bond donors (Lipinski definition) is 5. The summed E-state index contributed by atoms with van der Waals surface area (Å²) in [6.07, 6.45) is 1.42. The third-order valence-electron chi connectivity index (χ3n) is 13.1. The zero-order valence-corrected chi connectivity index (χ0v) is 36.4. The van der Waals surface area contributed by atoms with Crippen molar-refractivity contribution in [2.45, 2.75) is 115 Å². The van der Waals surface area contributed by atoms with Gasteiger partial charge in [-0.25, -0.2) is 19.6 Å². The second-order valence-electron chi connectivity index (χ2n) is 16.6. The van der Waals surface area contributed by atoms with Gasteiger partial charge in [0, 0.05) is 37.3 Å². The monoisotopic (exact) mass is 852 g/mol. The molecule has 3 amide bonds. The van der Waals surface area contributed by atoms with Gasteiger partial charge in [0.25, 0.3) is 0 Å². The molecule has 17 nitrogen and oxygen atoms in total. The molecule has 3 aliphatic rings. The number of rotatable bonds is 12. The predicted molar refractivity (Wildman–Crippen MR) is 230 cm³/mol. The van der Waals surface area contributed by atoms with Gasteiger partial charge in [-0.3, -0.25) is 9.69 Å². The first kappa shape index (κ1) is 42.9. The summed E-state index contributed by atoms with van der Waals surface area (Å²) in [5.74, 6) is 1.92. The van der Waals surface area contributed by atoms with E-state index in [-0.39, 0.29) is 30.1 Å². The zero-order valence-electron chi connectivity index (χ0n) is 36.4. The average molecular weight is 853 g/mol. The van der Waals surface area contributed by atoms with Crippen LogP contribution in [0.5, 0.6) is 5.75 Å². The SMILES string of the molecule is COC(=O)N[C@H](C(=O)N1[C@@H](C)CC[C@H]1c1ncc(-c2ccc3c(c2)COc2cc4c(ccc5nc([C@@H]6CC[C@H](C)N6C(O)[C@@H](NC(=O)OC)[C@@H](C)OC)[nH]c54)cc2-3)[nH]1)[C@@H](C)OC. The number of nitrogens with zero attached hydrogens (tertiary/aromatic N) is 4. The molecule has 2 saturated heterocycles. The van der Waals surface area contributed by atoms with Gasteiger partial charge in [-0.05, 0) is 99.7 Å². The first-order chi connectivity index (χ1) is 29.8. The Labute approximate surface area is 359 Å². The number of aromatic amines is 2. The van der Waals surface area contributed by atoms with Crippen LogP contribution in [0.15, 0.2) is 48.7 Å². The van der Waals surface area contributed by atoms with E-state index in [0.717, 1.165) is 80.6 Å². The number of alkyl carbamates (subject to hydrolysis) is 2. The Morgan fingerprint density at radius 3 is 2.31 bits per heavy atom. The topological polar surface area (TPSA) is 205 Å². The molecule has 0 aliphatic carbocycles. The Morgan fingerprint density at radius 2 is 1.56 bits per heavy atom. The number of benzene rings is 3. The van der Waals surface area contributed by atoms with Crippen LogP contribution in [0, 0.1) is 0 Å². The number of likely N-dealkylation sites (tertiary alicyclic amines) is 2. The standard InChI is InChI=1S/C45H56N8O9/c1-22-9-15-34(52(22)42(54)37(24(3)58-5)50-44(56)60-7)40-46-20-33(48-40)27-11-13-29-28(17-27)21-62-36-19-30-26(18-31(29)36)12-14-32-39(30)49-41(47-32)35-16-10-23(2)53(35)43(55)38(25(4)59-6)51-45(57)61-8/h11-14,17-20,22-25,34-35,37-38,43,55H,9-10,15-16,21H2,1-8H3,(H,46,48)(H,47,49)(H,50,56)(H,51,57)/t22-,23-,24+,25+,34-,35-,37-,38-,43?/m0/s1. The lowest BCUT2D eigenvalue weighted by Crippen LogP contribution is -2.58. The van der Waals surface area contributed by atoms with Crippen molar-refractivity contribution < 1.29 is 43.2 Å². The van der Waals surface area contributed by atoms with Crippen molar-refractivity contribution >= 4 is 39.9 Å². The van der Waals surface area contributed by atoms with E-state index < -0.39 is 42.7 Å². The number of aromatic nitrogens is 4. The second kappa shape index (κ2) is 17.6. The third kappa shape index (κ3) is 7.82. The minimum atomic E-state index is -1.06. The molecular formula is C45H56N8O9. The summed E-state index contributed by atoms with van der Waals surface area (Å²) in [7, 11) is 5.60. The van der Waals surface area contributed by atoms with Gasteiger partial charge >= 0.3 is 12.2 Å². The molecule has 2 aromatic heterocycles. The lowest BCUT2D eigenvalue weighted by molar-refractivity contribution is -0.139. The predicted octanol–water partition coefficient (Wildman–Crippen LogP) is 6.08. The van der Waals surface area contributed by atoms with Crippen molar-refractivity contribution in [1.29, 1.82) is 0 Å². The number of hydrogen-bond acceptors (Lipinski definition) is 12. The zero-order chi connectivity index (χ0) is 44.0. The number of fused-ring (bicyclic) bond motifs is 6. The van der Waals surface area contributed by atoms with Crippen molar-refractivity contribution in [3.8, 4) is 28.1 Å². The summed E-state index contributed by atoms with van der Waals surface area (Å²) >= 11 is 0. The normalized spacial score (nSPS) is 22.3. The number of carbonyl (C=O) groups is 3. The van der Waals surface area contributed by atoms with E-state index in [0.29, 0.717) is 18.9 Å². The molecule has 0 saturated carbocycles. The molecule has 9 atom stereocenters. The molecule has 0 spiro atoms. The van der Waals surface area contributed by atoms with Gasteiger partial charge in [-0.15, -0.1) is 0 Å². The number of nitrogens with one attached hydrogen (secondary N) is 4. The summed E-state index contributed by atoms with van der Waals surface area (Å²) in [5, 5.41) is 19.1. The molecule has 8 rings (SSSR count). The molecule has 5 N–H and O–H groups in total. The highest BCUT2D eigenvalue weighted by atomic mass is 16.5. The summed E-state index contributed by atoms with van der Waals surface area (Å²) in [6, 6.07) is 12.3. The molecule has 0 bridgehead atoms. The molecule has 330 valence electrons. The van der Waals surface area contributed by atoms with Crippen molar-refractivity contribution in [2.24, 2.45) is 0 Å². The fraction of sp³-hybridized carbons (Fsp3) is 0.489. The van der Waals surface area contributed by atoms with Crippen LogP contribution in [-0.4, -0.2) is 124 Å². The molecule has 17 heteroatoms. The maximum Gasteiger partial charge on any atom is 0.407 e. The number of imidazole rings is 2. The van der Waals surface area contributed by atoms with Crippen LogP contribution in [0.2, 0.25) is 0 Å². The number of H-pyrrole nitrogens is 2. The van der Waals surface area contributed by atoms with E-state index in [1.54, 1.807) is 32.1 Å². The highest BCUT2D eigenvalue weighted by Gasteiger charge is 2.44. The maximum absolute atomic E-state index is 13.9. The maximum atomic E-state index is 13.9. The van der Waals surface area contributed by atoms with E-state index in [4.69, 9.17) is 33.7 Å². The molecule has 3 aromatic carbocycles. The van der Waals surface area contributed by atoms with Crippen molar-refractivity contribution in [3.63, 3.8) is 0 Å². The molecule has 2 fully saturated rings. The lowest BCUT2D eigenvalue weighted by Gasteiger charge is -2.38. The van der Waals surface area contributed by atoms with Crippen LogP contribution in [0.25, 0.3) is 44.2 Å². The smallest absolute Gasteiger partial charge is 0.407 e. The van der Waals surface area contributed by atoms with Crippen LogP contribution in [0.3, 0.4) is 0 Å². The highest BCUT2D eigenvalue weighted by Crippen LogP contribution is 2.44. The highest BCUT2D eigenvalue weighted by molar-refractivity contribution is 6.07. The average Bonchev–Trinajstić information content (AvgIpc) is 4.11. The molecule has 5 aromatic rings. The van der Waals surface area contributed by atoms with Crippen LogP contribution in [-0.2, 0) is 30.3 Å². The molecule has 5 heterocycles. The van der Waals surface area contributed by atoms with Crippen LogP contribution in [0.4, 0.5) is 9.59 Å². The Bertz CT molecular complexity index is 2470. The lowest BCUT2D eigenvalue weighted by atomic mass is 9.92. The minimum Gasteiger partial charge on any atom is -0.488 e. The van der Waals surface area contributed by atoms with Crippen molar-refractivity contribution in [1.82, 2.24) is 40.4 Å². The molecule has 3 aliphatic heterocycles. The van der Waals surface area contributed by atoms with Gasteiger partial charge in [0.2, 0.25) is 5.91 Å². The van der Waals surface area contributed by atoms with Gasteiger partial charge in [0.1, 0.15) is 36.3 Å². The number of amides is 3. The van der Waals surface area contributed by atoms with Crippen LogP contribution in [0.1, 0.15) is 82.7 Å². The Kier molecular flexibility index (Phi) is 12.2. The minimum absolute atomic E-state index is 0.0148. The van der Waals surface area contributed by atoms with Crippen molar-refractivity contribution in [2.75, 3.05) is 28.4 Å². The Balaban J connectivity index is 1.04. The Morgan fingerprint density at radius 1 is 0.839 bits per heavy atom. The third-order valence-corrected chi connectivity index (χ3v) is 13.1. The van der Waals surface area contributed by atoms with E-state index >= 15 is 0 Å². The van der Waals surface area contributed by atoms with E-state index in [1.807, 2.05) is 17.9 Å². The largest absolute Gasteiger partial charge is 0.488 e. The van der Waals surface area contributed by atoms with Gasteiger partial charge in [0.05, 0.1) is 67.5 Å². The summed E-state index contributed by atoms with van der Waals surface area (Å²) in [5.41, 5.74) is 6.53. The van der Waals surface area contributed by atoms with E-state index in [9.17, 15) is 19.5 Å². The number of ether oxygens (including phenoxy) is 5. The summed E-state index contributed by atoms with van der Waals surface area (Å²) in [6.45, 7) is 7.97. The second-order valence-corrected chi connectivity index (χ2v) is 16.6. The number of aliphatic hydroxyl groups excluding tert-OH is 1. The van der Waals surface area contributed by atoms with Gasteiger partial charge in [-0.2, -0.15) is 0 Å². The first-order valence-electron chi connectivity index (χ1n) is 21.2. The molecular weight excluding hydrogens is 797 g/mol. The van der Waals surface area contributed by atoms with Gasteiger partial charge in [-0.1, -0.05) is 18.2 Å². The fourth-order valence-corrected chi connectivity index (χ4v) is 9.47. The Hall–Kier alpha value is -5.75. The number of methoxy groups -OCH3 is 4. The van der Waals surface area contributed by atoms with Crippen LogP contribution >= 0.6 is 0 Å². The van der Waals surface area contributed by atoms with Crippen molar-refractivity contribution in [3.05, 3.63) is 65.9 Å². The number of carbonyl (C=O) groups excluding carboxylic acids is 3. The summed E-state index contributed by atoms with van der Waals surface area (Å²) in [4.78, 5) is 59.0. The fourth-order valence-electron chi connectivity index (χ4n) is 9.47. The molecule has 1 unspecified atom stereocenters. The van der Waals surface area contributed by atoms with Gasteiger partial charge < -0.3 is 54.3 Å². The first-order valence-corrected chi connectivity index (χ1v) is 21.2. The quantitative estimate of drug-likeness (QED) is 0.0969. The number of aliphatic hydroxyl groups is 1. The van der Waals surface area contributed by atoms with E-state index in [1.165, 1.54) is 21.3 Å². The van der Waals surface area contributed by atoms with E-state index in [2.05, 4.69) is 63.9 Å².